The number of aliphatic hydroxyl groups is 1. The molecule has 1 aromatic rings. The van der Waals surface area contributed by atoms with Gasteiger partial charge in [-0.25, -0.2) is 0 Å². The minimum absolute atomic E-state index is 0.0155. The van der Waals surface area contributed by atoms with E-state index >= 15 is 0 Å². The topological polar surface area (TPSA) is 92.5 Å². The lowest BCUT2D eigenvalue weighted by Crippen LogP contribution is -2.39. The molecule has 2 N–H and O–H groups in total. The molecule has 1 unspecified atom stereocenters. The van der Waals surface area contributed by atoms with Crippen LogP contribution in [0.5, 0.6) is 0 Å². The Labute approximate surface area is 125 Å². The maximum absolute atomic E-state index is 12.2. The first-order valence-corrected chi connectivity index (χ1v) is 7.01. The fourth-order valence-corrected chi connectivity index (χ4v) is 2.15. The lowest BCUT2D eigenvalue weighted by Gasteiger charge is -2.21. The molecule has 0 saturated carbocycles. The number of rotatable bonds is 6. The Balaban J connectivity index is 3.00. The third-order valence-corrected chi connectivity index (χ3v) is 3.46. The van der Waals surface area contributed by atoms with Gasteiger partial charge < -0.3 is 10.4 Å². The van der Waals surface area contributed by atoms with Gasteiger partial charge in [0.1, 0.15) is 5.56 Å². The summed E-state index contributed by atoms with van der Waals surface area (Å²) in [7, 11) is 0. The van der Waals surface area contributed by atoms with Crippen LogP contribution in [0.3, 0.4) is 0 Å². The van der Waals surface area contributed by atoms with Gasteiger partial charge in [0.15, 0.2) is 0 Å². The number of aliphatic hydroxyl groups excluding tert-OH is 1. The Morgan fingerprint density at radius 3 is 2.65 bits per heavy atom. The molecule has 0 bridgehead atoms. The monoisotopic (exact) mass is 344 g/mol. The van der Waals surface area contributed by atoms with Gasteiger partial charge in [-0.05, 0) is 24.5 Å². The molecular weight excluding hydrogens is 328 g/mol. The van der Waals surface area contributed by atoms with Crippen LogP contribution in [-0.2, 0) is 0 Å². The standard InChI is InChI=1S/C13H17BrN2O4/c1-8(2)11(5-6-17)15-13(18)10-4-3-9(14)7-12(10)16(19)20/h3-4,7-8,11,17H,5-6H2,1-2H3,(H,15,18). The van der Waals surface area contributed by atoms with E-state index in [0.717, 1.165) is 0 Å². The average molecular weight is 345 g/mol. The third-order valence-electron chi connectivity index (χ3n) is 2.96. The molecular formula is C13H17BrN2O4. The van der Waals surface area contributed by atoms with Crippen LogP contribution in [0.1, 0.15) is 30.6 Å². The highest BCUT2D eigenvalue weighted by atomic mass is 79.9. The van der Waals surface area contributed by atoms with E-state index < -0.39 is 10.8 Å². The minimum Gasteiger partial charge on any atom is -0.396 e. The van der Waals surface area contributed by atoms with E-state index in [2.05, 4.69) is 21.2 Å². The largest absolute Gasteiger partial charge is 0.396 e. The molecule has 0 aliphatic heterocycles. The van der Waals surface area contributed by atoms with Gasteiger partial charge in [-0.2, -0.15) is 0 Å². The first-order chi connectivity index (χ1) is 9.36. The van der Waals surface area contributed by atoms with Crippen LogP contribution < -0.4 is 5.32 Å². The maximum Gasteiger partial charge on any atom is 0.283 e. The van der Waals surface area contributed by atoms with E-state index in [4.69, 9.17) is 5.11 Å². The molecule has 0 saturated heterocycles. The zero-order valence-electron chi connectivity index (χ0n) is 11.3. The molecule has 0 spiro atoms. The van der Waals surface area contributed by atoms with Crippen molar-refractivity contribution >= 4 is 27.5 Å². The molecule has 1 aromatic carbocycles. The van der Waals surface area contributed by atoms with Crippen LogP contribution in [0.15, 0.2) is 22.7 Å². The van der Waals surface area contributed by atoms with Crippen molar-refractivity contribution in [3.63, 3.8) is 0 Å². The highest BCUT2D eigenvalue weighted by Gasteiger charge is 2.23. The Bertz CT molecular complexity index is 505. The van der Waals surface area contributed by atoms with Gasteiger partial charge in [-0.15, -0.1) is 0 Å². The van der Waals surface area contributed by atoms with Gasteiger partial charge in [-0.1, -0.05) is 29.8 Å². The number of nitro groups is 1. The Morgan fingerprint density at radius 2 is 2.15 bits per heavy atom. The molecule has 0 heterocycles. The first kappa shape index (κ1) is 16.6. The minimum atomic E-state index is -0.587. The van der Waals surface area contributed by atoms with Crippen LogP contribution >= 0.6 is 15.9 Å². The number of carbonyl (C=O) groups excluding carboxylic acids is 1. The number of hydrogen-bond acceptors (Lipinski definition) is 4. The van der Waals surface area contributed by atoms with Crippen LogP contribution in [0.25, 0.3) is 0 Å². The number of benzene rings is 1. The van der Waals surface area contributed by atoms with Crippen molar-refractivity contribution in [1.29, 1.82) is 0 Å². The second kappa shape index (κ2) is 7.35. The highest BCUT2D eigenvalue weighted by molar-refractivity contribution is 9.10. The molecule has 0 aromatic heterocycles. The van der Waals surface area contributed by atoms with Crippen LogP contribution in [0, 0.1) is 16.0 Å². The predicted molar refractivity (Wildman–Crippen MR) is 78.6 cm³/mol. The number of hydrogen-bond donors (Lipinski definition) is 2. The number of nitrogens with one attached hydrogen (secondary N) is 1. The summed E-state index contributed by atoms with van der Waals surface area (Å²) >= 11 is 3.14. The predicted octanol–water partition coefficient (Wildman–Crippen LogP) is 2.49. The van der Waals surface area contributed by atoms with E-state index in [0.29, 0.717) is 10.9 Å². The van der Waals surface area contributed by atoms with Crippen LogP contribution in [0.2, 0.25) is 0 Å². The molecule has 20 heavy (non-hydrogen) atoms. The molecule has 7 heteroatoms. The first-order valence-electron chi connectivity index (χ1n) is 6.22. The number of nitrogens with zero attached hydrogens (tertiary/aromatic N) is 1. The summed E-state index contributed by atoms with van der Waals surface area (Å²) in [5.41, 5.74) is -0.231. The lowest BCUT2D eigenvalue weighted by atomic mass is 10.0. The van der Waals surface area contributed by atoms with Crippen molar-refractivity contribution in [1.82, 2.24) is 5.32 Å². The number of nitro benzene ring substituents is 1. The lowest BCUT2D eigenvalue weighted by molar-refractivity contribution is -0.385. The summed E-state index contributed by atoms with van der Waals surface area (Å²) in [5, 5.41) is 22.7. The van der Waals surface area contributed by atoms with Crippen molar-refractivity contribution in [3.8, 4) is 0 Å². The Kier molecular flexibility index (Phi) is 6.09. The van der Waals surface area contributed by atoms with E-state index in [1.807, 2.05) is 13.8 Å². The van der Waals surface area contributed by atoms with Gasteiger partial charge >= 0.3 is 0 Å². The number of amides is 1. The summed E-state index contributed by atoms with van der Waals surface area (Å²) in [5.74, 6) is -0.378. The van der Waals surface area contributed by atoms with E-state index in [-0.39, 0.29) is 29.8 Å². The zero-order chi connectivity index (χ0) is 15.3. The molecule has 6 nitrogen and oxygen atoms in total. The SMILES string of the molecule is CC(C)C(CCO)NC(=O)c1ccc(Br)cc1[N+](=O)[O-]. The van der Waals surface area contributed by atoms with Crippen LogP contribution in [0.4, 0.5) is 5.69 Å². The average Bonchev–Trinajstić information content (AvgIpc) is 2.37. The molecule has 1 atom stereocenters. The molecule has 0 fully saturated rings. The fraction of sp³-hybridized carbons (Fsp3) is 0.462. The van der Waals surface area contributed by atoms with Crippen molar-refractivity contribution in [3.05, 3.63) is 38.3 Å². The summed E-state index contributed by atoms with van der Waals surface area (Å²) in [6.45, 7) is 3.78. The van der Waals surface area contributed by atoms with Crippen molar-refractivity contribution in [2.45, 2.75) is 26.3 Å². The summed E-state index contributed by atoms with van der Waals surface area (Å²) in [4.78, 5) is 22.6. The summed E-state index contributed by atoms with van der Waals surface area (Å²) in [6.07, 6.45) is 0.410. The van der Waals surface area contributed by atoms with E-state index in [1.165, 1.54) is 12.1 Å². The molecule has 1 amide bonds. The molecule has 0 aliphatic carbocycles. The summed E-state index contributed by atoms with van der Waals surface area (Å²) < 4.78 is 0.538. The quantitative estimate of drug-likeness (QED) is 0.612. The van der Waals surface area contributed by atoms with Gasteiger partial charge in [0.05, 0.1) is 4.92 Å². The molecule has 0 radical (unpaired) electrons. The van der Waals surface area contributed by atoms with Crippen LogP contribution in [-0.4, -0.2) is 28.6 Å². The molecule has 1 rings (SSSR count). The van der Waals surface area contributed by atoms with E-state index in [9.17, 15) is 14.9 Å². The number of carbonyl (C=O) groups is 1. The normalized spacial score (nSPS) is 12.2. The Hall–Kier alpha value is -1.47. The second-order valence-corrected chi connectivity index (χ2v) is 5.67. The fourth-order valence-electron chi connectivity index (χ4n) is 1.81. The smallest absolute Gasteiger partial charge is 0.283 e. The maximum atomic E-state index is 12.2. The second-order valence-electron chi connectivity index (χ2n) is 4.75. The molecule has 110 valence electrons. The van der Waals surface area contributed by atoms with E-state index in [1.54, 1.807) is 6.07 Å². The van der Waals surface area contributed by atoms with Gasteiger partial charge in [0.25, 0.3) is 11.6 Å². The number of halogens is 1. The van der Waals surface area contributed by atoms with Gasteiger partial charge in [-0.3, -0.25) is 14.9 Å². The van der Waals surface area contributed by atoms with Gasteiger partial charge in [0, 0.05) is 23.2 Å². The van der Waals surface area contributed by atoms with Crippen molar-refractivity contribution in [2.75, 3.05) is 6.61 Å². The van der Waals surface area contributed by atoms with Crippen molar-refractivity contribution in [2.24, 2.45) is 5.92 Å². The summed E-state index contributed by atoms with van der Waals surface area (Å²) in [6, 6.07) is 4.06. The molecule has 0 aliphatic rings. The van der Waals surface area contributed by atoms with Crippen molar-refractivity contribution < 1.29 is 14.8 Å². The highest BCUT2D eigenvalue weighted by Crippen LogP contribution is 2.23. The zero-order valence-corrected chi connectivity index (χ0v) is 12.9. The third kappa shape index (κ3) is 4.28. The Morgan fingerprint density at radius 1 is 1.50 bits per heavy atom. The van der Waals surface area contributed by atoms with Gasteiger partial charge in [0.2, 0.25) is 0 Å².